The van der Waals surface area contributed by atoms with Crippen molar-refractivity contribution in [2.24, 2.45) is 0 Å². The highest BCUT2D eigenvalue weighted by atomic mass is 15.1. The first kappa shape index (κ1) is 13.2. The molecular formula is C14H17N5. The van der Waals surface area contributed by atoms with Crippen LogP contribution in [0.15, 0.2) is 30.7 Å². The molecule has 2 aromatic rings. The topological polar surface area (TPSA) is 77.4 Å². The minimum Gasteiger partial charge on any atom is -0.313 e. The average Bonchev–Trinajstić information content (AvgIpc) is 2.92. The zero-order valence-electron chi connectivity index (χ0n) is 10.8. The number of hydrogen-bond donors (Lipinski definition) is 2. The van der Waals surface area contributed by atoms with Crippen LogP contribution in [0.1, 0.15) is 24.8 Å². The van der Waals surface area contributed by atoms with Gasteiger partial charge >= 0.3 is 0 Å². The summed E-state index contributed by atoms with van der Waals surface area (Å²) in [6, 6.07) is 6.08. The molecule has 2 N–H and O–H groups in total. The molecule has 0 radical (unpaired) electrons. The van der Waals surface area contributed by atoms with Gasteiger partial charge in [-0.3, -0.25) is 10.1 Å². The molecule has 19 heavy (non-hydrogen) atoms. The molecule has 0 unspecified atom stereocenters. The van der Waals surface area contributed by atoms with Crippen molar-refractivity contribution in [3.8, 4) is 17.3 Å². The van der Waals surface area contributed by atoms with Crippen LogP contribution in [-0.2, 0) is 6.54 Å². The lowest BCUT2D eigenvalue weighted by Crippen LogP contribution is -2.14. The molecule has 0 amide bonds. The fourth-order valence-electron chi connectivity index (χ4n) is 1.88. The quantitative estimate of drug-likeness (QED) is 0.744. The number of aromatic amines is 1. The van der Waals surface area contributed by atoms with E-state index in [1.54, 1.807) is 6.20 Å². The molecule has 0 fully saturated rings. The van der Waals surface area contributed by atoms with Gasteiger partial charge in [0.1, 0.15) is 0 Å². The third-order valence-corrected chi connectivity index (χ3v) is 2.88. The largest absolute Gasteiger partial charge is 0.313 e. The highest BCUT2D eigenvalue weighted by Crippen LogP contribution is 2.19. The Labute approximate surface area is 112 Å². The Kier molecular flexibility index (Phi) is 5.08. The van der Waals surface area contributed by atoms with E-state index in [9.17, 15) is 0 Å². The van der Waals surface area contributed by atoms with E-state index in [0.717, 1.165) is 42.8 Å². The zero-order valence-corrected chi connectivity index (χ0v) is 10.8. The highest BCUT2D eigenvalue weighted by molar-refractivity contribution is 5.61. The third-order valence-electron chi connectivity index (χ3n) is 2.88. The molecule has 0 atom stereocenters. The van der Waals surface area contributed by atoms with Crippen LogP contribution >= 0.6 is 0 Å². The monoisotopic (exact) mass is 255 g/mol. The number of H-pyrrole nitrogens is 1. The van der Waals surface area contributed by atoms with Crippen molar-refractivity contribution in [1.82, 2.24) is 20.5 Å². The summed E-state index contributed by atoms with van der Waals surface area (Å²) in [5.41, 5.74) is 3.19. The van der Waals surface area contributed by atoms with Crippen LogP contribution in [-0.4, -0.2) is 21.7 Å². The Bertz CT molecular complexity index is 526. The molecule has 5 nitrogen and oxygen atoms in total. The maximum Gasteiger partial charge on any atom is 0.0710 e. The first-order chi connectivity index (χ1) is 9.42. The summed E-state index contributed by atoms with van der Waals surface area (Å²) in [5.74, 6) is 0. The number of rotatable bonds is 7. The van der Waals surface area contributed by atoms with Crippen LogP contribution in [0.5, 0.6) is 0 Å². The second kappa shape index (κ2) is 7.29. The molecule has 2 heterocycles. The normalized spacial score (nSPS) is 10.3. The number of aromatic nitrogens is 3. The van der Waals surface area contributed by atoms with E-state index in [-0.39, 0.29) is 0 Å². The fraction of sp³-hybridized carbons (Fsp3) is 0.357. The molecule has 2 rings (SSSR count). The lowest BCUT2D eigenvalue weighted by molar-refractivity contribution is 0.629. The standard InChI is InChI=1S/C14H17N5/c15-6-2-1-3-7-16-10-13-11-18-19-14(13)12-5-4-8-17-9-12/h4-5,8-9,11,16H,1-3,7,10H2,(H,18,19). The molecule has 0 aliphatic heterocycles. The summed E-state index contributed by atoms with van der Waals surface area (Å²) in [5, 5.41) is 18.9. The second-order valence-corrected chi connectivity index (χ2v) is 4.30. The molecule has 2 aromatic heterocycles. The van der Waals surface area contributed by atoms with Crippen molar-refractivity contribution in [1.29, 1.82) is 5.26 Å². The van der Waals surface area contributed by atoms with E-state index >= 15 is 0 Å². The Morgan fingerprint density at radius 2 is 2.26 bits per heavy atom. The van der Waals surface area contributed by atoms with E-state index in [2.05, 4.69) is 26.6 Å². The van der Waals surface area contributed by atoms with Crippen molar-refractivity contribution < 1.29 is 0 Å². The summed E-state index contributed by atoms with van der Waals surface area (Å²) in [7, 11) is 0. The van der Waals surface area contributed by atoms with E-state index in [1.807, 2.05) is 24.5 Å². The van der Waals surface area contributed by atoms with Crippen LogP contribution in [0.4, 0.5) is 0 Å². The van der Waals surface area contributed by atoms with Crippen molar-refractivity contribution in [3.63, 3.8) is 0 Å². The first-order valence-corrected chi connectivity index (χ1v) is 6.42. The summed E-state index contributed by atoms with van der Waals surface area (Å²) in [4.78, 5) is 4.11. The molecule has 0 spiro atoms. The number of nitrogens with zero attached hydrogens (tertiary/aromatic N) is 3. The van der Waals surface area contributed by atoms with Crippen LogP contribution in [0, 0.1) is 11.3 Å². The minimum atomic E-state index is 0.633. The van der Waals surface area contributed by atoms with Gasteiger partial charge in [0, 0.05) is 36.5 Å². The van der Waals surface area contributed by atoms with Crippen molar-refractivity contribution >= 4 is 0 Å². The second-order valence-electron chi connectivity index (χ2n) is 4.30. The number of nitriles is 1. The Balaban J connectivity index is 1.85. The van der Waals surface area contributed by atoms with Gasteiger partial charge in [0.15, 0.2) is 0 Å². The van der Waals surface area contributed by atoms with Gasteiger partial charge in [0.05, 0.1) is 18.0 Å². The molecule has 0 aliphatic rings. The number of nitrogens with one attached hydrogen (secondary N) is 2. The molecule has 0 aromatic carbocycles. The highest BCUT2D eigenvalue weighted by Gasteiger charge is 2.06. The number of pyridine rings is 1. The van der Waals surface area contributed by atoms with Gasteiger partial charge in [0.2, 0.25) is 0 Å². The number of hydrogen-bond acceptors (Lipinski definition) is 4. The lowest BCUT2D eigenvalue weighted by atomic mass is 10.1. The zero-order chi connectivity index (χ0) is 13.3. The van der Waals surface area contributed by atoms with Gasteiger partial charge in [-0.1, -0.05) is 0 Å². The van der Waals surface area contributed by atoms with Crippen molar-refractivity contribution in [2.45, 2.75) is 25.8 Å². The SMILES string of the molecule is N#CCCCCNCc1cn[nH]c1-c1cccnc1. The van der Waals surface area contributed by atoms with Gasteiger partial charge < -0.3 is 5.32 Å². The summed E-state index contributed by atoms with van der Waals surface area (Å²) in [6.07, 6.45) is 8.02. The molecule has 0 saturated carbocycles. The fourth-order valence-corrected chi connectivity index (χ4v) is 1.88. The summed E-state index contributed by atoms with van der Waals surface area (Å²) < 4.78 is 0. The van der Waals surface area contributed by atoms with Crippen LogP contribution in [0.25, 0.3) is 11.3 Å². The third kappa shape index (κ3) is 3.90. The van der Waals surface area contributed by atoms with Gasteiger partial charge in [-0.15, -0.1) is 0 Å². The maximum absolute atomic E-state index is 8.45. The van der Waals surface area contributed by atoms with Crippen molar-refractivity contribution in [3.05, 3.63) is 36.3 Å². The Hall–Kier alpha value is -2.19. The summed E-state index contributed by atoms with van der Waals surface area (Å²) >= 11 is 0. The number of unbranched alkanes of at least 4 members (excludes halogenated alkanes) is 2. The van der Waals surface area contributed by atoms with Crippen LogP contribution in [0.2, 0.25) is 0 Å². The molecule has 0 aliphatic carbocycles. The lowest BCUT2D eigenvalue weighted by Gasteiger charge is -2.05. The van der Waals surface area contributed by atoms with Crippen LogP contribution < -0.4 is 5.32 Å². The summed E-state index contributed by atoms with van der Waals surface area (Å²) in [6.45, 7) is 1.69. The molecule has 5 heteroatoms. The van der Waals surface area contributed by atoms with Crippen LogP contribution in [0.3, 0.4) is 0 Å². The van der Waals surface area contributed by atoms with Gasteiger partial charge in [-0.2, -0.15) is 10.4 Å². The molecular weight excluding hydrogens is 238 g/mol. The predicted molar refractivity (Wildman–Crippen MR) is 73.0 cm³/mol. The van der Waals surface area contributed by atoms with Gasteiger partial charge in [-0.25, -0.2) is 0 Å². The smallest absolute Gasteiger partial charge is 0.0710 e. The van der Waals surface area contributed by atoms with E-state index in [0.29, 0.717) is 6.42 Å². The average molecular weight is 255 g/mol. The maximum atomic E-state index is 8.45. The van der Waals surface area contributed by atoms with Gasteiger partial charge in [-0.05, 0) is 31.5 Å². The van der Waals surface area contributed by atoms with Gasteiger partial charge in [0.25, 0.3) is 0 Å². The Morgan fingerprint density at radius 3 is 3.05 bits per heavy atom. The van der Waals surface area contributed by atoms with E-state index < -0.39 is 0 Å². The van der Waals surface area contributed by atoms with E-state index in [1.165, 1.54) is 0 Å². The van der Waals surface area contributed by atoms with E-state index in [4.69, 9.17) is 5.26 Å². The first-order valence-electron chi connectivity index (χ1n) is 6.42. The molecule has 0 saturated heterocycles. The molecule has 98 valence electrons. The Morgan fingerprint density at radius 1 is 1.32 bits per heavy atom. The van der Waals surface area contributed by atoms with Crippen molar-refractivity contribution in [2.75, 3.05) is 6.54 Å². The molecule has 0 bridgehead atoms. The minimum absolute atomic E-state index is 0.633. The predicted octanol–water partition coefficient (Wildman–Crippen LogP) is 2.26.